The highest BCUT2D eigenvalue weighted by Crippen LogP contribution is 2.31. The average molecular weight is 400 g/mol. The summed E-state index contributed by atoms with van der Waals surface area (Å²) in [6.07, 6.45) is 0. The zero-order chi connectivity index (χ0) is 19.3. The lowest BCUT2D eigenvalue weighted by Crippen LogP contribution is -2.14. The number of anilines is 1. The molecule has 0 bridgehead atoms. The molecule has 0 aliphatic rings. The normalized spacial score (nSPS) is 10.9. The highest BCUT2D eigenvalue weighted by molar-refractivity contribution is 7.92. The second-order valence-electron chi connectivity index (χ2n) is 5.04. The number of rotatable bonds is 7. The van der Waals surface area contributed by atoms with E-state index in [0.29, 0.717) is 5.75 Å². The Balaban J connectivity index is 2.31. The van der Waals surface area contributed by atoms with E-state index in [1.54, 1.807) is 6.92 Å². The molecular weight excluding hydrogens is 382 g/mol. The summed E-state index contributed by atoms with van der Waals surface area (Å²) in [5.41, 5.74) is 0.361. The molecule has 0 heterocycles. The lowest BCUT2D eigenvalue weighted by molar-refractivity contribution is 0.0526. The maximum absolute atomic E-state index is 12.6. The van der Waals surface area contributed by atoms with E-state index in [-0.39, 0.29) is 33.5 Å². The first kappa shape index (κ1) is 19.9. The number of carbonyl (C=O) groups is 1. The van der Waals surface area contributed by atoms with Gasteiger partial charge < -0.3 is 14.2 Å². The van der Waals surface area contributed by atoms with Crippen LogP contribution in [0.3, 0.4) is 0 Å². The van der Waals surface area contributed by atoms with Crippen LogP contribution in [0.2, 0.25) is 5.02 Å². The van der Waals surface area contributed by atoms with Crippen molar-refractivity contribution < 1.29 is 27.4 Å². The van der Waals surface area contributed by atoms with Crippen LogP contribution < -0.4 is 14.2 Å². The van der Waals surface area contributed by atoms with Gasteiger partial charge >= 0.3 is 5.97 Å². The van der Waals surface area contributed by atoms with Crippen LogP contribution in [0.25, 0.3) is 0 Å². The SMILES string of the molecule is CCOC(=O)c1ccc(NS(=O)(=O)c2ccc(OC)c(OC)c2)c(Cl)c1. The minimum absolute atomic E-state index is 0.0271. The maximum Gasteiger partial charge on any atom is 0.338 e. The zero-order valence-corrected chi connectivity index (χ0v) is 16.0. The lowest BCUT2D eigenvalue weighted by atomic mass is 10.2. The number of methoxy groups -OCH3 is 2. The molecule has 0 spiro atoms. The Kier molecular flexibility index (Phi) is 6.33. The lowest BCUT2D eigenvalue weighted by Gasteiger charge is -2.13. The first-order valence-electron chi connectivity index (χ1n) is 7.54. The minimum Gasteiger partial charge on any atom is -0.493 e. The summed E-state index contributed by atoms with van der Waals surface area (Å²) >= 11 is 6.09. The molecule has 0 saturated heterocycles. The van der Waals surface area contributed by atoms with Crippen LogP contribution in [0.1, 0.15) is 17.3 Å². The van der Waals surface area contributed by atoms with Crippen molar-refractivity contribution in [2.24, 2.45) is 0 Å². The number of ether oxygens (including phenoxy) is 3. The molecule has 0 saturated carbocycles. The summed E-state index contributed by atoms with van der Waals surface area (Å²) in [6, 6.07) is 8.36. The second kappa shape index (κ2) is 8.29. The Hall–Kier alpha value is -2.45. The summed E-state index contributed by atoms with van der Waals surface area (Å²) in [7, 11) is -1.06. The third-order valence-corrected chi connectivity index (χ3v) is 5.07. The number of benzene rings is 2. The Morgan fingerprint density at radius 2 is 1.77 bits per heavy atom. The smallest absolute Gasteiger partial charge is 0.338 e. The highest BCUT2D eigenvalue weighted by Gasteiger charge is 2.19. The van der Waals surface area contributed by atoms with Crippen molar-refractivity contribution in [1.82, 2.24) is 0 Å². The Morgan fingerprint density at radius 1 is 1.08 bits per heavy atom. The molecule has 26 heavy (non-hydrogen) atoms. The van der Waals surface area contributed by atoms with Gasteiger partial charge in [0.2, 0.25) is 0 Å². The largest absolute Gasteiger partial charge is 0.493 e. The van der Waals surface area contributed by atoms with E-state index >= 15 is 0 Å². The van der Waals surface area contributed by atoms with E-state index in [1.807, 2.05) is 0 Å². The van der Waals surface area contributed by atoms with Gasteiger partial charge in [0.15, 0.2) is 11.5 Å². The topological polar surface area (TPSA) is 90.9 Å². The number of hydrogen-bond acceptors (Lipinski definition) is 6. The summed E-state index contributed by atoms with van der Waals surface area (Å²) < 4.78 is 42.6. The van der Waals surface area contributed by atoms with Crippen molar-refractivity contribution in [2.45, 2.75) is 11.8 Å². The number of carbonyl (C=O) groups excluding carboxylic acids is 1. The Bertz CT molecular complexity index is 913. The molecule has 140 valence electrons. The van der Waals surface area contributed by atoms with Gasteiger partial charge in [0, 0.05) is 6.07 Å². The molecule has 2 aromatic rings. The fourth-order valence-electron chi connectivity index (χ4n) is 2.13. The van der Waals surface area contributed by atoms with Crippen molar-refractivity contribution in [3.05, 3.63) is 47.0 Å². The maximum atomic E-state index is 12.6. The monoisotopic (exact) mass is 399 g/mol. The van der Waals surface area contributed by atoms with Crippen molar-refractivity contribution >= 4 is 33.3 Å². The fourth-order valence-corrected chi connectivity index (χ4v) is 3.51. The summed E-state index contributed by atoms with van der Waals surface area (Å²) in [6.45, 7) is 1.91. The minimum atomic E-state index is -3.92. The van der Waals surface area contributed by atoms with Crippen LogP contribution in [0.4, 0.5) is 5.69 Å². The quantitative estimate of drug-likeness (QED) is 0.718. The van der Waals surface area contributed by atoms with E-state index in [9.17, 15) is 13.2 Å². The number of sulfonamides is 1. The van der Waals surface area contributed by atoms with Crippen LogP contribution in [0.15, 0.2) is 41.3 Å². The average Bonchev–Trinajstić information content (AvgIpc) is 2.62. The van der Waals surface area contributed by atoms with Gasteiger partial charge in [-0.1, -0.05) is 11.6 Å². The summed E-state index contributed by atoms with van der Waals surface area (Å²) in [5, 5.41) is 0.0691. The van der Waals surface area contributed by atoms with Gasteiger partial charge in [-0.2, -0.15) is 0 Å². The predicted octanol–water partition coefficient (Wildman–Crippen LogP) is 3.33. The Morgan fingerprint density at radius 3 is 2.35 bits per heavy atom. The number of hydrogen-bond donors (Lipinski definition) is 1. The van der Waals surface area contributed by atoms with Crippen LogP contribution in [-0.2, 0) is 14.8 Å². The Labute approximate surface area is 156 Å². The molecule has 0 amide bonds. The van der Waals surface area contributed by atoms with Gasteiger partial charge in [0.1, 0.15) is 0 Å². The van der Waals surface area contributed by atoms with Gasteiger partial charge in [0.25, 0.3) is 10.0 Å². The molecule has 7 nitrogen and oxygen atoms in total. The van der Waals surface area contributed by atoms with E-state index in [0.717, 1.165) is 0 Å². The fraction of sp³-hybridized carbons (Fsp3) is 0.235. The predicted molar refractivity (Wildman–Crippen MR) is 97.8 cm³/mol. The summed E-state index contributed by atoms with van der Waals surface area (Å²) in [4.78, 5) is 11.7. The number of halogens is 1. The van der Waals surface area contributed by atoms with Gasteiger partial charge in [-0.25, -0.2) is 13.2 Å². The van der Waals surface area contributed by atoms with Crippen LogP contribution >= 0.6 is 11.6 Å². The van der Waals surface area contributed by atoms with Crippen LogP contribution in [0, 0.1) is 0 Å². The van der Waals surface area contributed by atoms with Gasteiger partial charge in [0.05, 0.1) is 42.0 Å². The van der Waals surface area contributed by atoms with Crippen molar-refractivity contribution in [3.8, 4) is 11.5 Å². The molecule has 2 aromatic carbocycles. The highest BCUT2D eigenvalue weighted by atomic mass is 35.5. The molecule has 0 aliphatic carbocycles. The first-order valence-corrected chi connectivity index (χ1v) is 9.40. The van der Waals surface area contributed by atoms with Crippen molar-refractivity contribution in [1.29, 1.82) is 0 Å². The molecule has 1 N–H and O–H groups in total. The molecule has 0 aromatic heterocycles. The van der Waals surface area contributed by atoms with Crippen molar-refractivity contribution in [2.75, 3.05) is 25.5 Å². The van der Waals surface area contributed by atoms with E-state index in [1.165, 1.54) is 50.6 Å². The van der Waals surface area contributed by atoms with Crippen LogP contribution in [-0.4, -0.2) is 35.2 Å². The standard InChI is InChI=1S/C17H18ClNO6S/c1-4-25-17(20)11-5-7-14(13(18)9-11)19-26(21,22)12-6-8-15(23-2)16(10-12)24-3/h5-10,19H,4H2,1-3H3. The third-order valence-electron chi connectivity index (χ3n) is 3.39. The molecular formula is C17H18ClNO6S. The van der Waals surface area contributed by atoms with Gasteiger partial charge in [-0.05, 0) is 37.3 Å². The van der Waals surface area contributed by atoms with E-state index < -0.39 is 16.0 Å². The first-order chi connectivity index (χ1) is 12.3. The molecule has 0 fully saturated rings. The third kappa shape index (κ3) is 4.39. The number of nitrogens with one attached hydrogen (secondary N) is 1. The van der Waals surface area contributed by atoms with Crippen molar-refractivity contribution in [3.63, 3.8) is 0 Å². The van der Waals surface area contributed by atoms with Crippen LogP contribution in [0.5, 0.6) is 11.5 Å². The van der Waals surface area contributed by atoms with E-state index in [4.69, 9.17) is 25.8 Å². The number of esters is 1. The molecule has 2 rings (SSSR count). The molecule has 9 heteroatoms. The summed E-state index contributed by atoms with van der Waals surface area (Å²) in [5.74, 6) is 0.145. The van der Waals surface area contributed by atoms with Gasteiger partial charge in [-0.3, -0.25) is 4.72 Å². The zero-order valence-electron chi connectivity index (χ0n) is 14.4. The van der Waals surface area contributed by atoms with Gasteiger partial charge in [-0.15, -0.1) is 0 Å². The second-order valence-corrected chi connectivity index (χ2v) is 7.13. The molecule has 0 unspecified atom stereocenters. The molecule has 0 radical (unpaired) electrons. The molecule has 0 aliphatic heterocycles. The molecule has 0 atom stereocenters. The van der Waals surface area contributed by atoms with E-state index in [2.05, 4.69) is 4.72 Å².